The third-order valence-electron chi connectivity index (χ3n) is 5.30. The van der Waals surface area contributed by atoms with E-state index in [0.29, 0.717) is 11.8 Å². The molecule has 0 aromatic carbocycles. The van der Waals surface area contributed by atoms with Crippen molar-refractivity contribution in [2.45, 2.75) is 31.1 Å². The van der Waals surface area contributed by atoms with Gasteiger partial charge in [0, 0.05) is 0 Å². The molecular weight excluding hydrogens is 308 g/mol. The van der Waals surface area contributed by atoms with Crippen molar-refractivity contribution in [1.29, 1.82) is 0 Å². The number of nitrogens with zero attached hydrogens (tertiary/aromatic N) is 2. The van der Waals surface area contributed by atoms with Gasteiger partial charge in [0.05, 0.1) is 35.2 Å². The summed E-state index contributed by atoms with van der Waals surface area (Å²) in [6.07, 6.45) is 6.00. The fourth-order valence-corrected chi connectivity index (χ4v) is 4.33. The van der Waals surface area contributed by atoms with Crippen molar-refractivity contribution >= 4 is 0 Å². The first-order valence-electron chi connectivity index (χ1n) is 8.20. The summed E-state index contributed by atoms with van der Waals surface area (Å²) in [6.45, 7) is 0. The maximum atomic E-state index is 13.2. The molecule has 24 heavy (non-hydrogen) atoms. The molecule has 3 aromatic rings. The van der Waals surface area contributed by atoms with E-state index in [1.807, 2.05) is 0 Å². The molecule has 120 valence electrons. The Morgan fingerprint density at radius 2 is 1.29 bits per heavy atom. The number of aromatic amines is 1. The van der Waals surface area contributed by atoms with Gasteiger partial charge in [-0.15, -0.1) is 0 Å². The number of fused-ring (bicyclic) bond motifs is 5. The van der Waals surface area contributed by atoms with Gasteiger partial charge >= 0.3 is 0 Å². The zero-order valence-corrected chi connectivity index (χ0v) is 12.9. The Balaban J connectivity index is 1.72. The van der Waals surface area contributed by atoms with Gasteiger partial charge in [-0.25, -0.2) is 8.78 Å². The van der Waals surface area contributed by atoms with Crippen LogP contribution in [0.4, 0.5) is 8.78 Å². The molecule has 1 N–H and O–H groups in total. The molecule has 1 fully saturated rings. The lowest BCUT2D eigenvalue weighted by molar-refractivity contribution is 0.621. The van der Waals surface area contributed by atoms with E-state index in [0.717, 1.165) is 29.2 Å². The van der Waals surface area contributed by atoms with E-state index in [-0.39, 0.29) is 11.6 Å². The zero-order chi connectivity index (χ0) is 16.3. The van der Waals surface area contributed by atoms with E-state index in [4.69, 9.17) is 0 Å². The minimum absolute atomic E-state index is 0.344. The van der Waals surface area contributed by atoms with E-state index >= 15 is 0 Å². The number of aromatic nitrogens is 3. The number of H-pyrrole nitrogens is 1. The number of pyridine rings is 2. The first-order valence-corrected chi connectivity index (χ1v) is 8.20. The first kappa shape index (κ1) is 13.8. The quantitative estimate of drug-likeness (QED) is 0.737. The van der Waals surface area contributed by atoms with E-state index in [1.54, 1.807) is 12.1 Å². The summed E-state index contributed by atoms with van der Waals surface area (Å²) in [4.78, 5) is 11.9. The van der Waals surface area contributed by atoms with Gasteiger partial charge in [0.1, 0.15) is 11.6 Å². The minimum atomic E-state index is -0.344. The van der Waals surface area contributed by atoms with E-state index in [2.05, 4.69) is 15.0 Å². The van der Waals surface area contributed by atoms with Crippen molar-refractivity contribution in [2.75, 3.05) is 0 Å². The predicted octanol–water partition coefficient (Wildman–Crippen LogP) is 4.78. The van der Waals surface area contributed by atoms with E-state index < -0.39 is 0 Å². The molecule has 3 aromatic heterocycles. The van der Waals surface area contributed by atoms with Crippen molar-refractivity contribution in [2.24, 2.45) is 0 Å². The van der Waals surface area contributed by atoms with Gasteiger partial charge in [-0.1, -0.05) is 0 Å². The lowest BCUT2D eigenvalue weighted by atomic mass is 9.91. The Hall–Kier alpha value is -2.56. The number of nitrogens with one attached hydrogen (secondary N) is 1. The summed E-state index contributed by atoms with van der Waals surface area (Å²) in [5.74, 6) is 0.363. The van der Waals surface area contributed by atoms with Gasteiger partial charge in [0.2, 0.25) is 0 Å². The molecular formula is C19H15F2N3. The number of hydrogen-bond acceptors (Lipinski definition) is 2. The van der Waals surface area contributed by atoms with Crippen LogP contribution in [0.25, 0.3) is 22.8 Å². The van der Waals surface area contributed by atoms with Gasteiger partial charge in [-0.2, -0.15) is 0 Å². The highest BCUT2D eigenvalue weighted by atomic mass is 19.1. The van der Waals surface area contributed by atoms with Crippen LogP contribution in [-0.2, 0) is 0 Å². The molecule has 2 aliphatic carbocycles. The fraction of sp³-hybridized carbons (Fsp3) is 0.263. The van der Waals surface area contributed by atoms with Gasteiger partial charge in [0.25, 0.3) is 0 Å². The summed E-state index contributed by atoms with van der Waals surface area (Å²) in [5, 5.41) is 0. The molecule has 3 nitrogen and oxygen atoms in total. The SMILES string of the molecule is Fc1ccc(-c2[nH]c(-c3ccc(F)cn3)c3c2C2CCC3C2)nc1. The van der Waals surface area contributed by atoms with Crippen LogP contribution in [0.5, 0.6) is 0 Å². The number of rotatable bonds is 2. The molecule has 2 bridgehead atoms. The smallest absolute Gasteiger partial charge is 0.141 e. The van der Waals surface area contributed by atoms with Crippen LogP contribution in [0.1, 0.15) is 42.2 Å². The van der Waals surface area contributed by atoms with Gasteiger partial charge in [-0.05, 0) is 66.5 Å². The van der Waals surface area contributed by atoms with Crippen LogP contribution in [0.3, 0.4) is 0 Å². The Morgan fingerprint density at radius 1 is 0.792 bits per heavy atom. The lowest BCUT2D eigenvalue weighted by Gasteiger charge is -2.13. The van der Waals surface area contributed by atoms with Crippen LogP contribution in [0, 0.1) is 11.6 Å². The van der Waals surface area contributed by atoms with Crippen molar-refractivity contribution in [1.82, 2.24) is 15.0 Å². The maximum absolute atomic E-state index is 13.2. The standard InChI is InChI=1S/C19H15F2N3/c20-12-3-5-14(22-8-12)18-16-10-1-2-11(7-10)17(16)19(24-18)15-6-4-13(21)9-23-15/h3-6,8-11,24H,1-2,7H2. The summed E-state index contributed by atoms with van der Waals surface area (Å²) in [6, 6.07) is 6.27. The second-order valence-electron chi connectivity index (χ2n) is 6.63. The molecule has 0 spiro atoms. The Morgan fingerprint density at radius 3 is 1.71 bits per heavy atom. The summed E-state index contributed by atoms with van der Waals surface area (Å²) >= 11 is 0. The normalized spacial score (nSPS) is 21.2. The molecule has 2 aliphatic rings. The van der Waals surface area contributed by atoms with Crippen molar-refractivity contribution in [3.8, 4) is 22.8 Å². The summed E-state index contributed by atoms with van der Waals surface area (Å²) in [5.41, 5.74) is 6.00. The second-order valence-corrected chi connectivity index (χ2v) is 6.63. The van der Waals surface area contributed by atoms with E-state index in [9.17, 15) is 8.78 Å². The fourth-order valence-electron chi connectivity index (χ4n) is 4.33. The van der Waals surface area contributed by atoms with Crippen LogP contribution in [-0.4, -0.2) is 15.0 Å². The molecule has 0 amide bonds. The van der Waals surface area contributed by atoms with Crippen molar-refractivity contribution in [3.63, 3.8) is 0 Å². The molecule has 0 saturated heterocycles. The average Bonchev–Trinajstić information content (AvgIpc) is 3.28. The first-order chi connectivity index (χ1) is 11.7. The third-order valence-corrected chi connectivity index (χ3v) is 5.30. The minimum Gasteiger partial charge on any atom is -0.352 e. The molecule has 3 heterocycles. The van der Waals surface area contributed by atoms with Crippen molar-refractivity contribution in [3.05, 3.63) is 59.4 Å². The van der Waals surface area contributed by atoms with Crippen LogP contribution < -0.4 is 0 Å². The van der Waals surface area contributed by atoms with Crippen LogP contribution in [0.15, 0.2) is 36.7 Å². The maximum Gasteiger partial charge on any atom is 0.141 e. The topological polar surface area (TPSA) is 41.6 Å². The zero-order valence-electron chi connectivity index (χ0n) is 12.9. The molecule has 5 heteroatoms. The predicted molar refractivity (Wildman–Crippen MR) is 86.5 cm³/mol. The average molecular weight is 323 g/mol. The molecule has 0 aliphatic heterocycles. The Kier molecular flexibility index (Phi) is 2.86. The Bertz CT molecular complexity index is 839. The monoisotopic (exact) mass is 323 g/mol. The third kappa shape index (κ3) is 1.94. The van der Waals surface area contributed by atoms with E-state index in [1.165, 1.54) is 48.5 Å². The molecule has 2 atom stereocenters. The highest BCUT2D eigenvalue weighted by Gasteiger charge is 2.42. The molecule has 2 unspecified atom stereocenters. The number of hydrogen-bond donors (Lipinski definition) is 1. The Labute approximate surface area is 137 Å². The van der Waals surface area contributed by atoms with Crippen LogP contribution in [0.2, 0.25) is 0 Å². The van der Waals surface area contributed by atoms with Crippen LogP contribution >= 0.6 is 0 Å². The summed E-state index contributed by atoms with van der Waals surface area (Å²) in [7, 11) is 0. The lowest BCUT2D eigenvalue weighted by Crippen LogP contribution is -1.97. The molecule has 5 rings (SSSR count). The van der Waals surface area contributed by atoms with Gasteiger partial charge < -0.3 is 4.98 Å². The molecule has 0 radical (unpaired) electrons. The molecule has 1 saturated carbocycles. The largest absolute Gasteiger partial charge is 0.352 e. The van der Waals surface area contributed by atoms with Crippen molar-refractivity contribution < 1.29 is 8.78 Å². The number of halogens is 2. The summed E-state index contributed by atoms with van der Waals surface area (Å²) < 4.78 is 26.4. The van der Waals surface area contributed by atoms with Gasteiger partial charge in [0.15, 0.2) is 0 Å². The van der Waals surface area contributed by atoms with Gasteiger partial charge in [-0.3, -0.25) is 9.97 Å². The highest BCUT2D eigenvalue weighted by Crippen LogP contribution is 2.58. The highest BCUT2D eigenvalue weighted by molar-refractivity contribution is 5.76. The second kappa shape index (κ2) is 4.97.